The third-order valence-electron chi connectivity index (χ3n) is 7.75. The number of carbonyl (C=O) groups excluding carboxylic acids is 1. The molecule has 36 heavy (non-hydrogen) atoms. The number of ether oxygens (including phenoxy) is 1. The van der Waals surface area contributed by atoms with Crippen LogP contribution in [0.3, 0.4) is 0 Å². The van der Waals surface area contributed by atoms with Crippen LogP contribution in [0.25, 0.3) is 5.52 Å². The maximum absolute atomic E-state index is 14.0. The molecule has 6 nitrogen and oxygen atoms in total. The second-order valence-electron chi connectivity index (χ2n) is 9.74. The minimum absolute atomic E-state index is 0.0219. The Morgan fingerprint density at radius 3 is 2.56 bits per heavy atom. The Morgan fingerprint density at radius 2 is 1.89 bits per heavy atom. The lowest BCUT2D eigenvalue weighted by Gasteiger charge is -2.50. The zero-order chi connectivity index (χ0) is 25.5. The highest BCUT2D eigenvalue weighted by Gasteiger charge is 2.51. The second-order valence-corrected chi connectivity index (χ2v) is 9.74. The Bertz CT molecular complexity index is 1260. The highest BCUT2D eigenvalue weighted by atomic mass is 19.4. The predicted molar refractivity (Wildman–Crippen MR) is 130 cm³/mol. The lowest BCUT2D eigenvalue weighted by atomic mass is 9.63. The van der Waals surface area contributed by atoms with Crippen molar-refractivity contribution in [2.24, 2.45) is 5.41 Å². The van der Waals surface area contributed by atoms with Crippen LogP contribution in [0.2, 0.25) is 0 Å². The molecule has 0 radical (unpaired) electrons. The topological polar surface area (TPSA) is 58.9 Å². The molecule has 2 aliphatic rings. The van der Waals surface area contributed by atoms with Crippen molar-refractivity contribution in [3.05, 3.63) is 78.3 Å². The van der Waals surface area contributed by atoms with Gasteiger partial charge in [0.15, 0.2) is 5.92 Å². The summed E-state index contributed by atoms with van der Waals surface area (Å²) in [5, 5.41) is 7.91. The molecule has 1 spiro atoms. The maximum Gasteiger partial charge on any atom is 0.404 e. The van der Waals surface area contributed by atoms with Gasteiger partial charge in [-0.3, -0.25) is 4.79 Å². The summed E-state index contributed by atoms with van der Waals surface area (Å²) in [4.78, 5) is 14.6. The molecule has 4 heterocycles. The van der Waals surface area contributed by atoms with E-state index in [1.165, 1.54) is 29.2 Å². The average Bonchev–Trinajstić information content (AvgIpc) is 3.33. The Hall–Kier alpha value is -3.49. The summed E-state index contributed by atoms with van der Waals surface area (Å²) in [5.74, 6) is -2.36. The number of likely N-dealkylation sites (tertiary alicyclic amines) is 1. The molecule has 1 N–H and O–H groups in total. The molecule has 1 amide bonds. The fourth-order valence-electron chi connectivity index (χ4n) is 5.94. The van der Waals surface area contributed by atoms with E-state index in [2.05, 4.69) is 17.0 Å². The van der Waals surface area contributed by atoms with Gasteiger partial charge in [0, 0.05) is 37.4 Å². The van der Waals surface area contributed by atoms with Gasteiger partial charge in [0.1, 0.15) is 5.75 Å². The third kappa shape index (κ3) is 4.20. The van der Waals surface area contributed by atoms with Crippen molar-refractivity contribution in [3.8, 4) is 5.75 Å². The van der Waals surface area contributed by atoms with Crippen molar-refractivity contribution < 1.29 is 22.7 Å². The third-order valence-corrected chi connectivity index (χ3v) is 7.75. The molecule has 2 saturated heterocycles. The second kappa shape index (κ2) is 9.19. The first-order chi connectivity index (χ1) is 17.2. The van der Waals surface area contributed by atoms with E-state index in [4.69, 9.17) is 4.74 Å². The molecule has 0 saturated carbocycles. The number of rotatable bonds is 4. The first-order valence-corrected chi connectivity index (χ1v) is 12.1. The van der Waals surface area contributed by atoms with Crippen molar-refractivity contribution in [3.63, 3.8) is 0 Å². The van der Waals surface area contributed by atoms with Gasteiger partial charge >= 0.3 is 6.18 Å². The number of benzene rings is 1. The van der Waals surface area contributed by atoms with E-state index in [0.29, 0.717) is 31.6 Å². The summed E-state index contributed by atoms with van der Waals surface area (Å²) >= 11 is 0. The number of pyridine rings is 1. The van der Waals surface area contributed by atoms with Gasteiger partial charge in [0.25, 0.3) is 0 Å². The number of piperidine rings is 2. The van der Waals surface area contributed by atoms with Crippen molar-refractivity contribution in [2.45, 2.75) is 37.3 Å². The van der Waals surface area contributed by atoms with Crippen LogP contribution in [0.15, 0.2) is 67.0 Å². The molecule has 2 unspecified atom stereocenters. The summed E-state index contributed by atoms with van der Waals surface area (Å²) in [6, 6.07) is 13.2. The van der Waals surface area contributed by atoms with Crippen LogP contribution in [0, 0.1) is 5.41 Å². The maximum atomic E-state index is 14.0. The highest BCUT2D eigenvalue weighted by Crippen LogP contribution is 2.52. The molecule has 9 heteroatoms. The van der Waals surface area contributed by atoms with Crippen LogP contribution in [0.4, 0.5) is 13.2 Å². The molecular formula is C27H29F3N4O2. The van der Waals surface area contributed by atoms with Crippen molar-refractivity contribution in [1.82, 2.24) is 19.8 Å². The zero-order valence-corrected chi connectivity index (χ0v) is 20.1. The number of halogens is 3. The van der Waals surface area contributed by atoms with Crippen LogP contribution in [-0.2, 0) is 4.79 Å². The summed E-state index contributed by atoms with van der Waals surface area (Å²) in [6.45, 7) is 5.25. The number of nitrogens with zero attached hydrogens (tertiary/aromatic N) is 3. The van der Waals surface area contributed by atoms with Gasteiger partial charge < -0.3 is 15.0 Å². The standard InChI is InChI=1S/C27H29F3N4O2/c1-18-16-26(21(17-31-18)24-22(36-2)9-8-20-10-13-32-34(20)24)11-14-33(15-12-26)25(35)23(27(28,29)30)19-6-4-3-5-7-19/h3-10,13,21,23,31H,1,11-12,14-17H2,2H3. The van der Waals surface area contributed by atoms with Gasteiger partial charge in [-0.1, -0.05) is 36.9 Å². The smallest absolute Gasteiger partial charge is 0.404 e. The number of amides is 1. The van der Waals surface area contributed by atoms with E-state index >= 15 is 0 Å². The van der Waals surface area contributed by atoms with Gasteiger partial charge in [-0.15, -0.1) is 0 Å². The Labute approximate surface area is 207 Å². The minimum atomic E-state index is -4.66. The van der Waals surface area contributed by atoms with E-state index in [0.717, 1.165) is 16.9 Å². The molecule has 0 aliphatic carbocycles. The molecule has 2 aliphatic heterocycles. The fraction of sp³-hybridized carbons (Fsp3) is 0.407. The molecule has 190 valence electrons. The lowest BCUT2D eigenvalue weighted by molar-refractivity contribution is -0.173. The van der Waals surface area contributed by atoms with Crippen molar-refractivity contribution >= 4 is 11.4 Å². The largest absolute Gasteiger partial charge is 0.495 e. The number of allylic oxidation sites excluding steroid dienone is 1. The molecule has 3 aromatic rings. The van der Waals surface area contributed by atoms with E-state index < -0.39 is 18.0 Å². The molecule has 2 fully saturated rings. The zero-order valence-electron chi connectivity index (χ0n) is 20.1. The quantitative estimate of drug-likeness (QED) is 0.557. The fourth-order valence-corrected chi connectivity index (χ4v) is 5.94. The number of aromatic nitrogens is 2. The lowest BCUT2D eigenvalue weighted by Crippen LogP contribution is -2.52. The van der Waals surface area contributed by atoms with Gasteiger partial charge in [-0.2, -0.15) is 18.3 Å². The summed E-state index contributed by atoms with van der Waals surface area (Å²) in [5.41, 5.74) is 2.45. The Kier molecular flexibility index (Phi) is 6.18. The number of alkyl halides is 3. The molecule has 5 rings (SSSR count). The van der Waals surface area contributed by atoms with E-state index in [9.17, 15) is 18.0 Å². The number of methoxy groups -OCH3 is 1. The first kappa shape index (κ1) is 24.2. The molecular weight excluding hydrogens is 469 g/mol. The normalized spacial score (nSPS) is 20.8. The minimum Gasteiger partial charge on any atom is -0.495 e. The number of hydrogen-bond donors (Lipinski definition) is 1. The highest BCUT2D eigenvalue weighted by molar-refractivity contribution is 5.84. The SMILES string of the molecule is C=C1CC2(CCN(C(=O)C(c3ccccc3)C(F)(F)F)CC2)C(c2c(OC)ccc3ccnn23)CN1. The summed E-state index contributed by atoms with van der Waals surface area (Å²) in [6.07, 6.45) is -1.14. The monoisotopic (exact) mass is 498 g/mol. The van der Waals surface area contributed by atoms with E-state index in [1.54, 1.807) is 19.4 Å². The van der Waals surface area contributed by atoms with Crippen LogP contribution < -0.4 is 10.1 Å². The summed E-state index contributed by atoms with van der Waals surface area (Å²) < 4.78 is 49.6. The average molecular weight is 499 g/mol. The van der Waals surface area contributed by atoms with Crippen molar-refractivity contribution in [2.75, 3.05) is 26.7 Å². The number of fused-ring (bicyclic) bond motifs is 1. The Morgan fingerprint density at radius 1 is 1.17 bits per heavy atom. The van der Waals surface area contributed by atoms with E-state index in [1.807, 2.05) is 22.7 Å². The van der Waals surface area contributed by atoms with Gasteiger partial charge in [0.05, 0.1) is 18.3 Å². The predicted octanol–water partition coefficient (Wildman–Crippen LogP) is 4.89. The molecule has 0 bridgehead atoms. The first-order valence-electron chi connectivity index (χ1n) is 12.1. The van der Waals surface area contributed by atoms with Gasteiger partial charge in [0.2, 0.25) is 5.91 Å². The molecule has 2 atom stereocenters. The molecule has 2 aromatic heterocycles. The Balaban J connectivity index is 1.45. The van der Waals surface area contributed by atoms with Crippen LogP contribution in [0.5, 0.6) is 5.75 Å². The summed E-state index contributed by atoms with van der Waals surface area (Å²) in [7, 11) is 1.62. The van der Waals surface area contributed by atoms with Crippen molar-refractivity contribution in [1.29, 1.82) is 0 Å². The number of nitrogens with one attached hydrogen (secondary N) is 1. The molecule has 1 aromatic carbocycles. The van der Waals surface area contributed by atoms with Crippen LogP contribution in [-0.4, -0.2) is 53.3 Å². The number of carbonyl (C=O) groups is 1. The van der Waals surface area contributed by atoms with Gasteiger partial charge in [-0.25, -0.2) is 4.52 Å². The number of hydrogen-bond acceptors (Lipinski definition) is 4. The van der Waals surface area contributed by atoms with Gasteiger partial charge in [-0.05, 0) is 48.4 Å². The van der Waals surface area contributed by atoms with E-state index in [-0.39, 0.29) is 30.0 Å². The van der Waals surface area contributed by atoms with Crippen LogP contribution >= 0.6 is 0 Å². The van der Waals surface area contributed by atoms with Crippen LogP contribution in [0.1, 0.15) is 42.4 Å².